The highest BCUT2D eigenvalue weighted by Gasteiger charge is 2.20. The molecule has 160 valence electrons. The molecular formula is C22H25ClN2O5. The Morgan fingerprint density at radius 1 is 1.03 bits per heavy atom. The lowest BCUT2D eigenvalue weighted by molar-refractivity contribution is -0.141. The first-order chi connectivity index (χ1) is 14.5. The summed E-state index contributed by atoms with van der Waals surface area (Å²) in [6, 6.07) is 15.7. The number of hydrogen-bond acceptors (Lipinski definition) is 5. The topological polar surface area (TPSA) is 93.7 Å². The zero-order valence-corrected chi connectivity index (χ0v) is 17.5. The van der Waals surface area contributed by atoms with E-state index in [0.29, 0.717) is 17.0 Å². The number of benzene rings is 2. The summed E-state index contributed by atoms with van der Waals surface area (Å²) in [6.45, 7) is 0.467. The number of alkyl carbamates (subject to hydrolysis) is 1. The van der Waals surface area contributed by atoms with Crippen LogP contribution in [0, 0.1) is 0 Å². The molecule has 30 heavy (non-hydrogen) atoms. The van der Waals surface area contributed by atoms with E-state index in [9.17, 15) is 14.4 Å². The minimum Gasteiger partial charge on any atom is -0.469 e. The number of halogens is 1. The van der Waals surface area contributed by atoms with Gasteiger partial charge in [-0.2, -0.15) is 0 Å². The SMILES string of the molecule is COC(=O)CC(NC(=O)CCCNC(=O)OCc1ccccc1)c1ccccc1Cl. The van der Waals surface area contributed by atoms with Crippen LogP contribution in [0.2, 0.25) is 5.02 Å². The molecule has 0 fully saturated rings. The molecule has 0 aliphatic carbocycles. The van der Waals surface area contributed by atoms with Crippen molar-refractivity contribution in [1.82, 2.24) is 10.6 Å². The van der Waals surface area contributed by atoms with E-state index in [2.05, 4.69) is 10.6 Å². The molecule has 0 spiro atoms. The van der Waals surface area contributed by atoms with Crippen molar-refractivity contribution in [2.24, 2.45) is 0 Å². The van der Waals surface area contributed by atoms with Gasteiger partial charge in [-0.05, 0) is 23.6 Å². The van der Waals surface area contributed by atoms with Crippen LogP contribution >= 0.6 is 11.6 Å². The van der Waals surface area contributed by atoms with Gasteiger partial charge in [0.2, 0.25) is 5.91 Å². The van der Waals surface area contributed by atoms with E-state index in [1.807, 2.05) is 30.3 Å². The maximum atomic E-state index is 12.3. The highest BCUT2D eigenvalue weighted by atomic mass is 35.5. The summed E-state index contributed by atoms with van der Waals surface area (Å²) in [7, 11) is 1.29. The van der Waals surface area contributed by atoms with Crippen molar-refractivity contribution >= 4 is 29.6 Å². The number of hydrogen-bond donors (Lipinski definition) is 2. The second kappa shape index (κ2) is 12.5. The molecule has 1 atom stereocenters. The van der Waals surface area contributed by atoms with Crippen molar-refractivity contribution in [3.63, 3.8) is 0 Å². The summed E-state index contributed by atoms with van der Waals surface area (Å²) in [5, 5.41) is 5.87. The molecule has 0 radical (unpaired) electrons. The molecule has 2 amide bonds. The Bertz CT molecular complexity index is 844. The molecule has 7 nitrogen and oxygen atoms in total. The fourth-order valence-electron chi connectivity index (χ4n) is 2.73. The molecule has 0 heterocycles. The lowest BCUT2D eigenvalue weighted by Gasteiger charge is -2.19. The van der Waals surface area contributed by atoms with Crippen LogP contribution in [0.1, 0.15) is 36.4 Å². The third-order valence-electron chi connectivity index (χ3n) is 4.28. The molecule has 2 aromatic rings. The van der Waals surface area contributed by atoms with Gasteiger partial charge in [0.1, 0.15) is 6.61 Å². The summed E-state index contributed by atoms with van der Waals surface area (Å²) in [6.07, 6.45) is 0.00975. The number of rotatable bonds is 10. The first kappa shape index (κ1) is 23.2. The van der Waals surface area contributed by atoms with E-state index < -0.39 is 18.1 Å². The quantitative estimate of drug-likeness (QED) is 0.440. The van der Waals surface area contributed by atoms with E-state index in [1.54, 1.807) is 24.3 Å². The summed E-state index contributed by atoms with van der Waals surface area (Å²) < 4.78 is 9.82. The number of amides is 2. The molecule has 2 rings (SSSR count). The van der Waals surface area contributed by atoms with Gasteiger partial charge in [-0.3, -0.25) is 9.59 Å². The summed E-state index contributed by atoms with van der Waals surface area (Å²) >= 11 is 6.20. The second-order valence-corrected chi connectivity index (χ2v) is 6.92. The monoisotopic (exact) mass is 432 g/mol. The Morgan fingerprint density at radius 3 is 2.43 bits per heavy atom. The zero-order chi connectivity index (χ0) is 21.8. The highest BCUT2D eigenvalue weighted by Crippen LogP contribution is 2.25. The minimum atomic E-state index is -0.595. The highest BCUT2D eigenvalue weighted by molar-refractivity contribution is 6.31. The van der Waals surface area contributed by atoms with E-state index >= 15 is 0 Å². The largest absolute Gasteiger partial charge is 0.469 e. The molecule has 0 bridgehead atoms. The molecular weight excluding hydrogens is 408 g/mol. The van der Waals surface area contributed by atoms with E-state index in [0.717, 1.165) is 5.56 Å². The minimum absolute atomic E-state index is 0.0317. The van der Waals surface area contributed by atoms with E-state index in [-0.39, 0.29) is 31.9 Å². The lowest BCUT2D eigenvalue weighted by atomic mass is 10.0. The molecule has 0 saturated heterocycles. The molecule has 2 N–H and O–H groups in total. The Hall–Kier alpha value is -3.06. The van der Waals surface area contributed by atoms with Gasteiger partial charge in [-0.25, -0.2) is 4.79 Å². The van der Waals surface area contributed by atoms with Crippen molar-refractivity contribution in [2.45, 2.75) is 31.9 Å². The predicted octanol–water partition coefficient (Wildman–Crippen LogP) is 3.77. The number of carbonyl (C=O) groups excluding carboxylic acids is 3. The van der Waals surface area contributed by atoms with E-state index in [4.69, 9.17) is 21.1 Å². The van der Waals surface area contributed by atoms with Crippen LogP contribution in [-0.4, -0.2) is 31.6 Å². The van der Waals surface area contributed by atoms with Gasteiger partial charge in [-0.1, -0.05) is 60.1 Å². The lowest BCUT2D eigenvalue weighted by Crippen LogP contribution is -2.31. The van der Waals surface area contributed by atoms with E-state index in [1.165, 1.54) is 7.11 Å². The zero-order valence-electron chi connectivity index (χ0n) is 16.7. The predicted molar refractivity (Wildman–Crippen MR) is 113 cm³/mol. The number of methoxy groups -OCH3 is 1. The van der Waals surface area contributed by atoms with Crippen molar-refractivity contribution in [1.29, 1.82) is 0 Å². The van der Waals surface area contributed by atoms with Crippen LogP contribution in [0.3, 0.4) is 0 Å². The van der Waals surface area contributed by atoms with Gasteiger partial charge in [0.05, 0.1) is 19.6 Å². The number of ether oxygens (including phenoxy) is 2. The van der Waals surface area contributed by atoms with Gasteiger partial charge in [0, 0.05) is 18.0 Å². The van der Waals surface area contributed by atoms with Crippen LogP contribution in [0.25, 0.3) is 0 Å². The molecule has 0 aliphatic heterocycles. The standard InChI is InChI=1S/C22H25ClN2O5/c1-29-21(27)14-19(17-10-5-6-11-18(17)23)25-20(26)12-7-13-24-22(28)30-15-16-8-3-2-4-9-16/h2-6,8-11,19H,7,12-15H2,1H3,(H,24,28)(H,25,26). The number of nitrogens with one attached hydrogen (secondary N) is 2. The number of esters is 1. The maximum Gasteiger partial charge on any atom is 0.407 e. The number of carbonyl (C=O) groups is 3. The molecule has 0 saturated carbocycles. The summed E-state index contributed by atoms with van der Waals surface area (Å²) in [4.78, 5) is 35.7. The van der Waals surface area contributed by atoms with Crippen molar-refractivity contribution in [2.75, 3.05) is 13.7 Å². The first-order valence-electron chi connectivity index (χ1n) is 9.54. The fraction of sp³-hybridized carbons (Fsp3) is 0.318. The van der Waals surface area contributed by atoms with Crippen LogP contribution in [-0.2, 0) is 25.7 Å². The van der Waals surface area contributed by atoms with Crippen molar-refractivity contribution < 1.29 is 23.9 Å². The van der Waals surface area contributed by atoms with Crippen LogP contribution in [0.15, 0.2) is 54.6 Å². The Kier molecular flexibility index (Phi) is 9.67. The molecule has 1 unspecified atom stereocenters. The van der Waals surface area contributed by atoms with Crippen LogP contribution in [0.4, 0.5) is 4.79 Å². The van der Waals surface area contributed by atoms with Crippen LogP contribution in [0.5, 0.6) is 0 Å². The molecule has 0 aromatic heterocycles. The van der Waals surface area contributed by atoms with Gasteiger partial charge in [-0.15, -0.1) is 0 Å². The third-order valence-corrected chi connectivity index (χ3v) is 4.62. The molecule has 0 aliphatic rings. The molecule has 2 aromatic carbocycles. The van der Waals surface area contributed by atoms with Gasteiger partial charge in [0.25, 0.3) is 0 Å². The van der Waals surface area contributed by atoms with Gasteiger partial charge < -0.3 is 20.1 Å². The Balaban J connectivity index is 1.75. The van der Waals surface area contributed by atoms with Gasteiger partial charge >= 0.3 is 12.1 Å². The Labute approximate surface area is 180 Å². The fourth-order valence-corrected chi connectivity index (χ4v) is 2.99. The third kappa shape index (κ3) is 8.13. The smallest absolute Gasteiger partial charge is 0.407 e. The molecule has 8 heteroatoms. The first-order valence-corrected chi connectivity index (χ1v) is 9.92. The Morgan fingerprint density at radius 2 is 1.73 bits per heavy atom. The normalized spacial score (nSPS) is 11.3. The van der Waals surface area contributed by atoms with Crippen LogP contribution < -0.4 is 10.6 Å². The summed E-state index contributed by atoms with van der Waals surface area (Å²) in [5.41, 5.74) is 1.53. The van der Waals surface area contributed by atoms with Gasteiger partial charge in [0.15, 0.2) is 0 Å². The average Bonchev–Trinajstić information content (AvgIpc) is 2.76. The summed E-state index contributed by atoms with van der Waals surface area (Å²) in [5.74, 6) is -0.716. The second-order valence-electron chi connectivity index (χ2n) is 6.51. The van der Waals surface area contributed by atoms with Crippen molar-refractivity contribution in [3.8, 4) is 0 Å². The average molecular weight is 433 g/mol. The maximum absolute atomic E-state index is 12.3. The van der Waals surface area contributed by atoms with Crippen molar-refractivity contribution in [3.05, 3.63) is 70.7 Å².